The number of fused-ring (bicyclic) bond motifs is 1. The number of aromatic nitrogens is 2. The molecule has 5 aliphatic carbocycles. The van der Waals surface area contributed by atoms with E-state index in [1.54, 1.807) is 0 Å². The van der Waals surface area contributed by atoms with Crippen LogP contribution in [0.15, 0.2) is 42.5 Å². The van der Waals surface area contributed by atoms with Crippen LogP contribution in [-0.4, -0.2) is 21.7 Å². The summed E-state index contributed by atoms with van der Waals surface area (Å²) in [5, 5.41) is 8.84. The monoisotopic (exact) mass is 535 g/mol. The van der Waals surface area contributed by atoms with Crippen molar-refractivity contribution in [3.05, 3.63) is 81.7 Å². The van der Waals surface area contributed by atoms with Crippen LogP contribution in [0.25, 0.3) is 5.69 Å². The summed E-state index contributed by atoms with van der Waals surface area (Å²) in [7, 11) is 0. The van der Waals surface area contributed by atoms with Gasteiger partial charge in [0, 0.05) is 17.5 Å². The zero-order valence-electron chi connectivity index (χ0n) is 24.6. The van der Waals surface area contributed by atoms with Crippen molar-refractivity contribution >= 4 is 5.91 Å². The van der Waals surface area contributed by atoms with Crippen molar-refractivity contribution in [3.8, 4) is 5.69 Å². The van der Waals surface area contributed by atoms with E-state index in [0.29, 0.717) is 29.5 Å². The minimum absolute atomic E-state index is 0.0760. The zero-order valence-corrected chi connectivity index (χ0v) is 24.6. The van der Waals surface area contributed by atoms with E-state index in [1.807, 2.05) is 0 Å². The first kappa shape index (κ1) is 26.0. The molecular formula is C36H45N3O. The largest absolute Gasteiger partial charge is 0.347 e. The standard InChI is InChI=1S/C36H45N3O/c1-22-8-7-9-25(15-22)17-28-10-5-4-6-11-31-34(38-39(35(28)31)32-13-12-23(2)14-24(32)3)36(40)37-33-29-18-26-16-27(20-29)21-30(33)19-26/h7-9,12-15,26-30,33H,4-6,10-11,16-21H2,1-3H3,(H,37,40). The van der Waals surface area contributed by atoms with Crippen LogP contribution in [0.2, 0.25) is 0 Å². The third-order valence-electron chi connectivity index (χ3n) is 10.8. The molecule has 2 aromatic carbocycles. The van der Waals surface area contributed by atoms with E-state index in [2.05, 4.69) is 73.2 Å². The lowest BCUT2D eigenvalue weighted by molar-refractivity contribution is -0.0120. The van der Waals surface area contributed by atoms with Gasteiger partial charge in [-0.25, -0.2) is 4.68 Å². The molecule has 3 aromatic rings. The van der Waals surface area contributed by atoms with Crippen LogP contribution >= 0.6 is 0 Å². The van der Waals surface area contributed by atoms with E-state index < -0.39 is 0 Å². The maximum absolute atomic E-state index is 14.2. The Morgan fingerprint density at radius 2 is 1.65 bits per heavy atom. The quantitative estimate of drug-likeness (QED) is 0.362. The number of hydrogen-bond donors (Lipinski definition) is 1. The Kier molecular flexibility index (Phi) is 6.84. The number of carbonyl (C=O) groups is 1. The van der Waals surface area contributed by atoms with Crippen LogP contribution in [0, 0.1) is 44.4 Å². The number of carbonyl (C=O) groups excluding carboxylic acids is 1. The second kappa shape index (κ2) is 10.5. The molecule has 0 aliphatic heterocycles. The SMILES string of the molecule is Cc1cccc(CC2CCCCCc3c(C(=O)NC4C5CC6CC(C5)CC4C6)nn(-c4ccc(C)cc4C)c32)c1. The first-order valence-corrected chi connectivity index (χ1v) is 16.0. The van der Waals surface area contributed by atoms with E-state index in [9.17, 15) is 4.79 Å². The Balaban J connectivity index is 1.29. The third-order valence-corrected chi connectivity index (χ3v) is 10.8. The molecule has 1 unspecified atom stereocenters. The van der Waals surface area contributed by atoms with Gasteiger partial charge in [0.15, 0.2) is 5.69 Å². The molecule has 4 nitrogen and oxygen atoms in total. The highest BCUT2D eigenvalue weighted by Gasteiger charge is 2.49. The minimum atomic E-state index is 0.0760. The second-order valence-corrected chi connectivity index (χ2v) is 13.8. The first-order valence-electron chi connectivity index (χ1n) is 16.0. The van der Waals surface area contributed by atoms with E-state index in [1.165, 1.54) is 78.5 Å². The molecule has 4 saturated carbocycles. The lowest BCUT2D eigenvalue weighted by Gasteiger charge is -2.54. The van der Waals surface area contributed by atoms with Crippen molar-refractivity contribution in [1.82, 2.24) is 15.1 Å². The Bertz CT molecular complexity index is 1390. The van der Waals surface area contributed by atoms with E-state index in [4.69, 9.17) is 5.10 Å². The molecular weight excluding hydrogens is 490 g/mol. The Hall–Kier alpha value is -2.88. The molecule has 8 rings (SSSR count). The fourth-order valence-corrected chi connectivity index (χ4v) is 9.25. The van der Waals surface area contributed by atoms with Crippen LogP contribution < -0.4 is 5.32 Å². The number of nitrogens with one attached hydrogen (secondary N) is 1. The molecule has 1 aromatic heterocycles. The summed E-state index contributed by atoms with van der Waals surface area (Å²) in [6.45, 7) is 6.51. The van der Waals surface area contributed by atoms with Crippen molar-refractivity contribution in [2.45, 2.75) is 103 Å². The smallest absolute Gasteiger partial charge is 0.272 e. The van der Waals surface area contributed by atoms with Crippen molar-refractivity contribution < 1.29 is 4.79 Å². The molecule has 1 heterocycles. The molecule has 4 fully saturated rings. The first-order chi connectivity index (χ1) is 19.4. The fraction of sp³-hybridized carbons (Fsp3) is 0.556. The lowest BCUT2D eigenvalue weighted by Crippen LogP contribution is -2.56. The second-order valence-electron chi connectivity index (χ2n) is 13.8. The molecule has 4 heteroatoms. The van der Waals surface area contributed by atoms with Gasteiger partial charge in [0.2, 0.25) is 0 Å². The van der Waals surface area contributed by atoms with Crippen LogP contribution in [0.4, 0.5) is 0 Å². The van der Waals surface area contributed by atoms with E-state index in [-0.39, 0.29) is 5.91 Å². The van der Waals surface area contributed by atoms with Crippen molar-refractivity contribution in [2.24, 2.45) is 23.7 Å². The number of benzene rings is 2. The summed E-state index contributed by atoms with van der Waals surface area (Å²) in [5.41, 5.74) is 9.46. The van der Waals surface area contributed by atoms with Crippen LogP contribution in [0.3, 0.4) is 0 Å². The maximum Gasteiger partial charge on any atom is 0.272 e. The number of nitrogens with zero attached hydrogens (tertiary/aromatic N) is 2. The van der Waals surface area contributed by atoms with Gasteiger partial charge in [-0.2, -0.15) is 5.10 Å². The highest BCUT2D eigenvalue weighted by Crippen LogP contribution is 2.53. The molecule has 1 amide bonds. The maximum atomic E-state index is 14.2. The van der Waals surface area contributed by atoms with Gasteiger partial charge in [0.05, 0.1) is 11.4 Å². The van der Waals surface area contributed by atoms with Gasteiger partial charge in [-0.05, 0) is 119 Å². The van der Waals surface area contributed by atoms with E-state index >= 15 is 0 Å². The molecule has 210 valence electrons. The average molecular weight is 536 g/mol. The van der Waals surface area contributed by atoms with Crippen LogP contribution in [0.5, 0.6) is 0 Å². The molecule has 40 heavy (non-hydrogen) atoms. The Labute approximate surface area is 240 Å². The van der Waals surface area contributed by atoms with E-state index in [0.717, 1.165) is 43.2 Å². The van der Waals surface area contributed by atoms with Gasteiger partial charge in [0.25, 0.3) is 5.91 Å². The summed E-state index contributed by atoms with van der Waals surface area (Å²) in [6, 6.07) is 15.9. The summed E-state index contributed by atoms with van der Waals surface area (Å²) < 4.78 is 2.18. The highest BCUT2D eigenvalue weighted by atomic mass is 16.2. The van der Waals surface area contributed by atoms with Gasteiger partial charge in [-0.1, -0.05) is 60.4 Å². The highest BCUT2D eigenvalue weighted by molar-refractivity contribution is 5.94. The van der Waals surface area contributed by atoms with Crippen molar-refractivity contribution in [1.29, 1.82) is 0 Å². The fourth-order valence-electron chi connectivity index (χ4n) is 9.25. The van der Waals surface area contributed by atoms with Crippen molar-refractivity contribution in [2.75, 3.05) is 0 Å². The minimum Gasteiger partial charge on any atom is -0.347 e. The molecule has 0 spiro atoms. The average Bonchev–Trinajstić information content (AvgIpc) is 3.26. The predicted octanol–water partition coefficient (Wildman–Crippen LogP) is 7.79. The normalized spacial score (nSPS) is 29.1. The Morgan fingerprint density at radius 3 is 2.38 bits per heavy atom. The summed E-state index contributed by atoms with van der Waals surface area (Å²) in [6.07, 6.45) is 13.3. The van der Waals surface area contributed by atoms with Crippen molar-refractivity contribution in [3.63, 3.8) is 0 Å². The topological polar surface area (TPSA) is 46.9 Å². The molecule has 0 radical (unpaired) electrons. The number of amides is 1. The summed E-state index contributed by atoms with van der Waals surface area (Å²) in [4.78, 5) is 14.2. The Morgan fingerprint density at radius 1 is 0.900 bits per heavy atom. The van der Waals surface area contributed by atoms with Gasteiger partial charge < -0.3 is 5.32 Å². The molecule has 5 aliphatic rings. The van der Waals surface area contributed by atoms with Crippen LogP contribution in [-0.2, 0) is 12.8 Å². The predicted molar refractivity (Wildman–Crippen MR) is 161 cm³/mol. The van der Waals surface area contributed by atoms with Crippen LogP contribution in [0.1, 0.15) is 108 Å². The van der Waals surface area contributed by atoms with Gasteiger partial charge >= 0.3 is 0 Å². The molecule has 1 atom stereocenters. The summed E-state index contributed by atoms with van der Waals surface area (Å²) in [5.74, 6) is 3.55. The number of hydrogen-bond acceptors (Lipinski definition) is 2. The third kappa shape index (κ3) is 4.82. The van der Waals surface area contributed by atoms with Gasteiger partial charge in [-0.3, -0.25) is 4.79 Å². The molecule has 1 N–H and O–H groups in total. The lowest BCUT2D eigenvalue weighted by atomic mass is 9.54. The zero-order chi connectivity index (χ0) is 27.4. The number of aryl methyl sites for hydroxylation is 3. The summed E-state index contributed by atoms with van der Waals surface area (Å²) >= 11 is 0. The van der Waals surface area contributed by atoms with Gasteiger partial charge in [0.1, 0.15) is 0 Å². The van der Waals surface area contributed by atoms with Gasteiger partial charge in [-0.15, -0.1) is 0 Å². The molecule has 4 bridgehead atoms. The number of rotatable bonds is 5. The molecule has 0 saturated heterocycles.